The van der Waals surface area contributed by atoms with Gasteiger partial charge in [-0.1, -0.05) is 117 Å². The van der Waals surface area contributed by atoms with Crippen molar-refractivity contribution in [2.75, 3.05) is 13.2 Å². The zero-order valence-corrected chi connectivity index (χ0v) is 22.5. The summed E-state index contributed by atoms with van der Waals surface area (Å²) in [6.45, 7) is 7.58. The van der Waals surface area contributed by atoms with E-state index in [2.05, 4.69) is 20.8 Å². The predicted molar refractivity (Wildman–Crippen MR) is 139 cm³/mol. The Morgan fingerprint density at radius 1 is 0.515 bits per heavy atom. The molecule has 4 nitrogen and oxygen atoms in total. The summed E-state index contributed by atoms with van der Waals surface area (Å²) in [4.78, 5) is 23.4. The first-order chi connectivity index (χ1) is 16.1. The smallest absolute Gasteiger partial charge is 0.305 e. The van der Waals surface area contributed by atoms with Gasteiger partial charge >= 0.3 is 11.9 Å². The summed E-state index contributed by atoms with van der Waals surface area (Å²) in [6.07, 6.45) is 24.4. The minimum absolute atomic E-state index is 0.0973. The molecular weight excluding hydrogens is 412 g/mol. The van der Waals surface area contributed by atoms with E-state index in [0.29, 0.717) is 32.0 Å². The Morgan fingerprint density at radius 2 is 0.879 bits per heavy atom. The van der Waals surface area contributed by atoms with Gasteiger partial charge in [0.1, 0.15) is 0 Å². The Bertz CT molecular complexity index is 433. The van der Waals surface area contributed by atoms with Gasteiger partial charge < -0.3 is 9.47 Å². The van der Waals surface area contributed by atoms with Crippen LogP contribution < -0.4 is 0 Å². The molecule has 0 amide bonds. The van der Waals surface area contributed by atoms with Crippen LogP contribution in [0.15, 0.2) is 0 Å². The molecule has 0 atom stereocenters. The Morgan fingerprint density at radius 3 is 1.30 bits per heavy atom. The summed E-state index contributed by atoms with van der Waals surface area (Å²) >= 11 is 0. The van der Waals surface area contributed by atoms with E-state index in [-0.39, 0.29) is 11.9 Å². The molecule has 196 valence electrons. The van der Waals surface area contributed by atoms with Gasteiger partial charge in [0.05, 0.1) is 13.2 Å². The maximum Gasteiger partial charge on any atom is 0.305 e. The van der Waals surface area contributed by atoms with E-state index < -0.39 is 0 Å². The third-order valence-electron chi connectivity index (χ3n) is 6.23. The van der Waals surface area contributed by atoms with Crippen LogP contribution >= 0.6 is 0 Å². The normalized spacial score (nSPS) is 11.2. The lowest BCUT2D eigenvalue weighted by Gasteiger charge is -2.07. The fourth-order valence-electron chi connectivity index (χ4n) is 3.93. The summed E-state index contributed by atoms with van der Waals surface area (Å²) in [5.74, 6) is 0.337. The van der Waals surface area contributed by atoms with Crippen LogP contribution in [-0.2, 0) is 19.1 Å². The van der Waals surface area contributed by atoms with Crippen LogP contribution in [0.1, 0.15) is 156 Å². The fourth-order valence-corrected chi connectivity index (χ4v) is 3.93. The number of rotatable bonds is 25. The van der Waals surface area contributed by atoms with Gasteiger partial charge in [-0.15, -0.1) is 0 Å². The third kappa shape index (κ3) is 27.1. The Labute approximate surface area is 206 Å². The van der Waals surface area contributed by atoms with Crippen LogP contribution in [0.25, 0.3) is 0 Å². The summed E-state index contributed by atoms with van der Waals surface area (Å²) in [5, 5.41) is 0. The van der Waals surface area contributed by atoms with Gasteiger partial charge in [-0.2, -0.15) is 0 Å². The highest BCUT2D eigenvalue weighted by molar-refractivity contribution is 5.69. The molecule has 0 aliphatic heterocycles. The van der Waals surface area contributed by atoms with E-state index in [1.165, 1.54) is 83.5 Å². The number of carbonyl (C=O) groups excluding carboxylic acids is 2. The fraction of sp³-hybridized carbons (Fsp3) is 0.931. The van der Waals surface area contributed by atoms with Gasteiger partial charge in [-0.25, -0.2) is 0 Å². The highest BCUT2D eigenvalue weighted by Gasteiger charge is 2.06. The van der Waals surface area contributed by atoms with Crippen molar-refractivity contribution in [3.63, 3.8) is 0 Å². The van der Waals surface area contributed by atoms with Crippen LogP contribution in [0.2, 0.25) is 0 Å². The van der Waals surface area contributed by atoms with E-state index in [4.69, 9.17) is 9.47 Å². The van der Waals surface area contributed by atoms with E-state index in [9.17, 15) is 9.59 Å². The van der Waals surface area contributed by atoms with Crippen molar-refractivity contribution < 1.29 is 19.1 Å². The lowest BCUT2D eigenvalue weighted by atomic mass is 10.0. The zero-order valence-electron chi connectivity index (χ0n) is 22.5. The Hall–Kier alpha value is -1.06. The lowest BCUT2D eigenvalue weighted by molar-refractivity contribution is -0.144. The standard InChI is InChI=1S/C29H56O4/c1-4-5-6-7-8-9-10-11-12-13-14-15-16-17-21-25-32-28(30)22-19-18-20-23-29(31)33-26-24-27(2)3/h27H,4-26H2,1-3H3. The van der Waals surface area contributed by atoms with Crippen LogP contribution in [0.5, 0.6) is 0 Å². The van der Waals surface area contributed by atoms with Crippen LogP contribution in [0, 0.1) is 5.92 Å². The molecule has 0 aromatic carbocycles. The van der Waals surface area contributed by atoms with E-state index >= 15 is 0 Å². The van der Waals surface area contributed by atoms with Crippen molar-refractivity contribution in [2.45, 2.75) is 156 Å². The molecule has 0 fully saturated rings. The molecule has 0 aliphatic carbocycles. The number of carbonyl (C=O) groups is 2. The lowest BCUT2D eigenvalue weighted by Crippen LogP contribution is -2.08. The zero-order chi connectivity index (χ0) is 24.4. The van der Waals surface area contributed by atoms with Crippen molar-refractivity contribution in [3.8, 4) is 0 Å². The highest BCUT2D eigenvalue weighted by atomic mass is 16.5. The molecule has 0 aromatic heterocycles. The molecule has 0 rings (SSSR count). The van der Waals surface area contributed by atoms with Crippen molar-refractivity contribution in [3.05, 3.63) is 0 Å². The van der Waals surface area contributed by atoms with Gasteiger partial charge in [0, 0.05) is 12.8 Å². The molecule has 33 heavy (non-hydrogen) atoms. The first-order valence-corrected chi connectivity index (χ1v) is 14.4. The molecule has 0 aliphatic rings. The Kier molecular flexibility index (Phi) is 24.7. The van der Waals surface area contributed by atoms with Gasteiger partial charge in [0.25, 0.3) is 0 Å². The molecule has 0 spiro atoms. The first-order valence-electron chi connectivity index (χ1n) is 14.4. The maximum absolute atomic E-state index is 11.8. The summed E-state index contributed by atoms with van der Waals surface area (Å²) < 4.78 is 10.5. The molecule has 0 N–H and O–H groups in total. The molecule has 4 heteroatoms. The largest absolute Gasteiger partial charge is 0.466 e. The van der Waals surface area contributed by atoms with Crippen molar-refractivity contribution in [1.82, 2.24) is 0 Å². The second kappa shape index (κ2) is 25.6. The monoisotopic (exact) mass is 468 g/mol. The number of hydrogen-bond donors (Lipinski definition) is 0. The van der Waals surface area contributed by atoms with Crippen LogP contribution in [0.3, 0.4) is 0 Å². The highest BCUT2D eigenvalue weighted by Crippen LogP contribution is 2.13. The molecule has 0 aromatic rings. The summed E-state index contributed by atoms with van der Waals surface area (Å²) in [7, 11) is 0. The SMILES string of the molecule is CCCCCCCCCCCCCCCCCOC(=O)CCCCCC(=O)OCCC(C)C. The third-order valence-corrected chi connectivity index (χ3v) is 6.23. The van der Waals surface area contributed by atoms with E-state index in [1.807, 2.05) is 0 Å². The van der Waals surface area contributed by atoms with Crippen molar-refractivity contribution >= 4 is 11.9 Å². The molecule has 0 unspecified atom stereocenters. The number of esters is 2. The quantitative estimate of drug-likeness (QED) is 0.0991. The second-order valence-electron chi connectivity index (χ2n) is 10.1. The molecule has 0 saturated carbocycles. The molecule has 0 heterocycles. The van der Waals surface area contributed by atoms with Crippen molar-refractivity contribution in [1.29, 1.82) is 0 Å². The van der Waals surface area contributed by atoms with E-state index in [0.717, 1.165) is 38.5 Å². The van der Waals surface area contributed by atoms with Crippen LogP contribution in [-0.4, -0.2) is 25.2 Å². The number of hydrogen-bond acceptors (Lipinski definition) is 4. The van der Waals surface area contributed by atoms with E-state index in [1.54, 1.807) is 0 Å². The minimum atomic E-state index is -0.119. The molecule has 0 radical (unpaired) electrons. The maximum atomic E-state index is 11.8. The van der Waals surface area contributed by atoms with Gasteiger partial charge in [-0.05, 0) is 31.6 Å². The van der Waals surface area contributed by atoms with Gasteiger partial charge in [0.15, 0.2) is 0 Å². The molecule has 0 bridgehead atoms. The molecule has 0 saturated heterocycles. The average Bonchev–Trinajstić information content (AvgIpc) is 2.78. The summed E-state index contributed by atoms with van der Waals surface area (Å²) in [6, 6.07) is 0. The predicted octanol–water partition coefficient (Wildman–Crippen LogP) is 8.94. The first kappa shape index (κ1) is 31.9. The topological polar surface area (TPSA) is 52.6 Å². The van der Waals surface area contributed by atoms with Crippen LogP contribution in [0.4, 0.5) is 0 Å². The van der Waals surface area contributed by atoms with Gasteiger partial charge in [0.2, 0.25) is 0 Å². The number of ether oxygens (including phenoxy) is 2. The second-order valence-corrected chi connectivity index (χ2v) is 10.1. The number of unbranched alkanes of at least 4 members (excludes halogenated alkanes) is 16. The average molecular weight is 469 g/mol. The summed E-state index contributed by atoms with van der Waals surface area (Å²) in [5.41, 5.74) is 0. The van der Waals surface area contributed by atoms with Gasteiger partial charge in [-0.3, -0.25) is 9.59 Å². The molecular formula is C29H56O4. The Balaban J connectivity index is 3.24. The van der Waals surface area contributed by atoms with Crippen molar-refractivity contribution in [2.24, 2.45) is 5.92 Å². The minimum Gasteiger partial charge on any atom is -0.466 e.